The fourth-order valence-corrected chi connectivity index (χ4v) is 5.18. The predicted molar refractivity (Wildman–Crippen MR) is 142 cm³/mol. The number of carboxylic acid groups (broad SMARTS) is 1. The number of carbonyl (C=O) groups excluding carboxylic acids is 1. The summed E-state index contributed by atoms with van der Waals surface area (Å²) in [6, 6.07) is 18.0. The summed E-state index contributed by atoms with van der Waals surface area (Å²) in [5, 5.41) is 12.9. The number of nitrogens with one attached hydrogen (secondary N) is 1. The van der Waals surface area contributed by atoms with Crippen molar-refractivity contribution in [2.24, 2.45) is 0 Å². The molecule has 38 heavy (non-hydrogen) atoms. The van der Waals surface area contributed by atoms with E-state index in [0.29, 0.717) is 30.3 Å². The lowest BCUT2D eigenvalue weighted by molar-refractivity contribution is -0.137. The highest BCUT2D eigenvalue weighted by Crippen LogP contribution is 2.31. The van der Waals surface area contributed by atoms with Crippen molar-refractivity contribution in [3.8, 4) is 11.3 Å². The molecule has 0 saturated carbocycles. The van der Waals surface area contributed by atoms with Crippen LogP contribution in [-0.2, 0) is 17.6 Å². The monoisotopic (exact) mass is 514 g/mol. The number of carboxylic acids is 1. The number of aryl methyl sites for hydroxylation is 2. The summed E-state index contributed by atoms with van der Waals surface area (Å²) in [6.07, 6.45) is 4.36. The van der Waals surface area contributed by atoms with Crippen molar-refractivity contribution in [3.05, 3.63) is 101 Å². The lowest BCUT2D eigenvalue weighted by atomic mass is 9.87. The molecule has 5 rings (SSSR count). The highest BCUT2D eigenvalue weighted by atomic mass is 19.1. The molecular weight excluding hydrogens is 486 g/mol. The van der Waals surface area contributed by atoms with Gasteiger partial charge in [-0.25, -0.2) is 13.8 Å². The second-order valence-corrected chi connectivity index (χ2v) is 9.77. The number of fused-ring (bicyclic) bond motifs is 2. The van der Waals surface area contributed by atoms with Crippen LogP contribution >= 0.6 is 0 Å². The standard InChI is InChI=1S/C31H28F2N2O3/c32-24-11-8-19(9-12-24)30-21(4-1-2-7-29(36)37)16-23-17-22(10-15-27(23)34-30)31(38)35-28-6-3-5-20-18-25(33)13-14-26(20)28/h8-18,28H,1-7H2,(H,35,38)(H,36,37)/t28-/m1/s1. The van der Waals surface area contributed by atoms with Crippen LogP contribution in [0.4, 0.5) is 8.78 Å². The summed E-state index contributed by atoms with van der Waals surface area (Å²) < 4.78 is 27.2. The molecule has 1 aromatic heterocycles. The van der Waals surface area contributed by atoms with Gasteiger partial charge in [0.25, 0.3) is 5.91 Å². The van der Waals surface area contributed by atoms with Gasteiger partial charge in [-0.3, -0.25) is 9.59 Å². The van der Waals surface area contributed by atoms with E-state index in [1.165, 1.54) is 18.2 Å². The molecule has 2 N–H and O–H groups in total. The number of hydrogen-bond donors (Lipinski definition) is 2. The molecule has 1 amide bonds. The Labute approximate surface area is 219 Å². The normalized spacial score (nSPS) is 14.7. The molecule has 3 aromatic carbocycles. The zero-order valence-corrected chi connectivity index (χ0v) is 20.8. The van der Waals surface area contributed by atoms with E-state index in [1.807, 2.05) is 6.07 Å². The Kier molecular flexibility index (Phi) is 7.45. The highest BCUT2D eigenvalue weighted by Gasteiger charge is 2.23. The Hall–Kier alpha value is -4.13. The quantitative estimate of drug-likeness (QED) is 0.254. The lowest BCUT2D eigenvalue weighted by Gasteiger charge is -2.26. The largest absolute Gasteiger partial charge is 0.481 e. The molecule has 0 spiro atoms. The number of halogens is 2. The average Bonchev–Trinajstić information content (AvgIpc) is 2.90. The molecule has 0 fully saturated rings. The van der Waals surface area contributed by atoms with Crippen molar-refractivity contribution in [1.82, 2.24) is 10.3 Å². The maximum Gasteiger partial charge on any atom is 0.303 e. The Morgan fingerprint density at radius 2 is 1.74 bits per heavy atom. The van der Waals surface area contributed by atoms with Crippen molar-refractivity contribution >= 4 is 22.8 Å². The molecule has 1 atom stereocenters. The predicted octanol–water partition coefficient (Wildman–Crippen LogP) is 6.78. The number of unbranched alkanes of at least 4 members (excludes halogenated alkanes) is 1. The highest BCUT2D eigenvalue weighted by molar-refractivity contribution is 5.98. The Bertz CT molecular complexity index is 1500. The summed E-state index contributed by atoms with van der Waals surface area (Å²) in [7, 11) is 0. The number of nitrogens with zero attached hydrogens (tertiary/aromatic N) is 1. The minimum atomic E-state index is -0.832. The number of aromatic nitrogens is 1. The van der Waals surface area contributed by atoms with Crippen LogP contribution in [0.5, 0.6) is 0 Å². The first kappa shape index (κ1) is 25.5. The van der Waals surface area contributed by atoms with Crippen molar-refractivity contribution in [1.29, 1.82) is 0 Å². The fourth-order valence-electron chi connectivity index (χ4n) is 5.18. The van der Waals surface area contributed by atoms with Crippen LogP contribution in [0, 0.1) is 11.6 Å². The van der Waals surface area contributed by atoms with Crippen molar-refractivity contribution < 1.29 is 23.5 Å². The molecule has 0 unspecified atom stereocenters. The summed E-state index contributed by atoms with van der Waals surface area (Å²) >= 11 is 0. The Morgan fingerprint density at radius 3 is 2.53 bits per heavy atom. The number of pyridine rings is 1. The first-order chi connectivity index (χ1) is 18.4. The summed E-state index contributed by atoms with van der Waals surface area (Å²) in [6.45, 7) is 0. The molecule has 0 radical (unpaired) electrons. The van der Waals surface area contributed by atoms with Crippen molar-refractivity contribution in [3.63, 3.8) is 0 Å². The van der Waals surface area contributed by atoms with Crippen molar-refractivity contribution in [2.75, 3.05) is 0 Å². The number of amides is 1. The van der Waals surface area contributed by atoms with Crippen LogP contribution in [0.25, 0.3) is 22.2 Å². The van der Waals surface area contributed by atoms with Gasteiger partial charge < -0.3 is 10.4 Å². The molecule has 1 aliphatic carbocycles. The second-order valence-electron chi connectivity index (χ2n) is 9.77. The van der Waals surface area contributed by atoms with E-state index in [4.69, 9.17) is 10.1 Å². The molecule has 0 saturated heterocycles. The van der Waals surface area contributed by atoms with Gasteiger partial charge >= 0.3 is 5.97 Å². The maximum absolute atomic E-state index is 13.7. The minimum absolute atomic E-state index is 0.0914. The number of rotatable bonds is 8. The maximum atomic E-state index is 13.7. The second kappa shape index (κ2) is 11.1. The Morgan fingerprint density at radius 1 is 0.947 bits per heavy atom. The van der Waals surface area contributed by atoms with Crippen LogP contribution in [-0.4, -0.2) is 22.0 Å². The molecule has 5 nitrogen and oxygen atoms in total. The van der Waals surface area contributed by atoms with Gasteiger partial charge in [0.1, 0.15) is 11.6 Å². The van der Waals surface area contributed by atoms with E-state index in [9.17, 15) is 18.4 Å². The van der Waals surface area contributed by atoms with E-state index in [0.717, 1.165) is 52.6 Å². The van der Waals surface area contributed by atoms with Gasteiger partial charge in [-0.2, -0.15) is 0 Å². The zero-order chi connectivity index (χ0) is 26.6. The first-order valence-corrected chi connectivity index (χ1v) is 12.9. The van der Waals surface area contributed by atoms with E-state index < -0.39 is 5.97 Å². The van der Waals surface area contributed by atoms with E-state index in [2.05, 4.69) is 5.32 Å². The summed E-state index contributed by atoms with van der Waals surface area (Å²) in [5.41, 5.74) is 5.50. The number of carbonyl (C=O) groups is 2. The fraction of sp³-hybridized carbons (Fsp3) is 0.258. The minimum Gasteiger partial charge on any atom is -0.481 e. The SMILES string of the molecule is O=C(O)CCCCc1cc2cc(C(=O)N[C@@H]3CCCc4cc(F)ccc43)ccc2nc1-c1ccc(F)cc1. The van der Waals surface area contributed by atoms with Crippen LogP contribution in [0.1, 0.15) is 65.2 Å². The third-order valence-electron chi connectivity index (χ3n) is 7.08. The van der Waals surface area contributed by atoms with Gasteiger partial charge in [0, 0.05) is 22.9 Å². The molecular formula is C31H28F2N2O3. The topological polar surface area (TPSA) is 79.3 Å². The van der Waals surface area contributed by atoms with E-state index >= 15 is 0 Å². The number of aliphatic carboxylic acids is 1. The molecule has 4 aromatic rings. The molecule has 1 heterocycles. The van der Waals surface area contributed by atoms with Crippen LogP contribution < -0.4 is 5.32 Å². The molecule has 0 aliphatic heterocycles. The molecule has 0 bridgehead atoms. The van der Waals surface area contributed by atoms with Gasteiger partial charge in [-0.15, -0.1) is 0 Å². The van der Waals surface area contributed by atoms with Crippen LogP contribution in [0.3, 0.4) is 0 Å². The van der Waals surface area contributed by atoms with Crippen molar-refractivity contribution in [2.45, 2.75) is 51.0 Å². The van der Waals surface area contributed by atoms with Gasteiger partial charge in [0.05, 0.1) is 17.3 Å². The lowest BCUT2D eigenvalue weighted by Crippen LogP contribution is -2.31. The van der Waals surface area contributed by atoms with Gasteiger partial charge in [-0.1, -0.05) is 6.07 Å². The van der Waals surface area contributed by atoms with Crippen LogP contribution in [0.2, 0.25) is 0 Å². The third kappa shape index (κ3) is 5.72. The van der Waals surface area contributed by atoms with Gasteiger partial charge in [-0.05, 0) is 116 Å². The Balaban J connectivity index is 1.43. The van der Waals surface area contributed by atoms with E-state index in [1.54, 1.807) is 42.5 Å². The number of hydrogen-bond acceptors (Lipinski definition) is 3. The number of benzene rings is 3. The molecule has 194 valence electrons. The molecule has 7 heteroatoms. The first-order valence-electron chi connectivity index (χ1n) is 12.9. The average molecular weight is 515 g/mol. The summed E-state index contributed by atoms with van der Waals surface area (Å²) in [5.74, 6) is -1.64. The summed E-state index contributed by atoms with van der Waals surface area (Å²) in [4.78, 5) is 29.0. The van der Waals surface area contributed by atoms with Crippen LogP contribution in [0.15, 0.2) is 66.7 Å². The smallest absolute Gasteiger partial charge is 0.303 e. The zero-order valence-electron chi connectivity index (χ0n) is 20.8. The third-order valence-corrected chi connectivity index (χ3v) is 7.08. The van der Waals surface area contributed by atoms with E-state index in [-0.39, 0.29) is 30.0 Å². The molecule has 1 aliphatic rings. The van der Waals surface area contributed by atoms with Gasteiger partial charge in [0.2, 0.25) is 0 Å². The van der Waals surface area contributed by atoms with Gasteiger partial charge in [0.15, 0.2) is 0 Å².